The number of methoxy groups -OCH3 is 1. The first kappa shape index (κ1) is 22.6. The van der Waals surface area contributed by atoms with Crippen molar-refractivity contribution in [3.63, 3.8) is 0 Å². The second-order valence-corrected chi connectivity index (χ2v) is 7.41. The molecule has 0 aliphatic heterocycles. The Kier molecular flexibility index (Phi) is 6.57. The van der Waals surface area contributed by atoms with Gasteiger partial charge in [0.2, 0.25) is 5.88 Å². The van der Waals surface area contributed by atoms with E-state index in [1.54, 1.807) is 80.0 Å². The highest BCUT2D eigenvalue weighted by Gasteiger charge is 2.17. The van der Waals surface area contributed by atoms with Gasteiger partial charge in [-0.05, 0) is 66.7 Å². The van der Waals surface area contributed by atoms with E-state index in [9.17, 15) is 14.9 Å². The minimum atomic E-state index is -0.697. The standard InChI is InChI=1S/C25H17ClN4O4/c1-33-19-9-11-20(12-10-19)34-24-21(25(32)30-13-3-2-4-22(30)29-24)14-16(15-27)23(31)28-18-7-5-17(26)6-8-18/h2-14H,1H3,(H,28,31)/b16-14+. The molecule has 2 aromatic heterocycles. The van der Waals surface area contributed by atoms with Crippen molar-refractivity contribution in [3.05, 3.63) is 99.4 Å². The van der Waals surface area contributed by atoms with Crippen molar-refractivity contribution in [1.82, 2.24) is 9.38 Å². The Morgan fingerprint density at radius 1 is 1.09 bits per heavy atom. The fraction of sp³-hybridized carbons (Fsp3) is 0.0400. The number of nitrogens with zero attached hydrogens (tertiary/aromatic N) is 3. The SMILES string of the molecule is COc1ccc(Oc2nc3ccccn3c(=O)c2/C=C(\C#N)C(=O)Nc2ccc(Cl)cc2)cc1. The molecule has 1 amide bonds. The molecule has 0 aliphatic rings. The second-order valence-electron chi connectivity index (χ2n) is 6.97. The lowest BCUT2D eigenvalue weighted by Crippen LogP contribution is -2.20. The van der Waals surface area contributed by atoms with E-state index in [2.05, 4.69) is 10.3 Å². The zero-order valence-corrected chi connectivity index (χ0v) is 18.6. The molecule has 0 atom stereocenters. The number of fused-ring (bicyclic) bond motifs is 1. The summed E-state index contributed by atoms with van der Waals surface area (Å²) in [7, 11) is 1.54. The van der Waals surface area contributed by atoms with E-state index in [1.165, 1.54) is 10.5 Å². The van der Waals surface area contributed by atoms with Crippen molar-refractivity contribution in [2.24, 2.45) is 0 Å². The van der Waals surface area contributed by atoms with Crippen LogP contribution in [-0.2, 0) is 4.79 Å². The van der Waals surface area contributed by atoms with Gasteiger partial charge in [0.15, 0.2) is 0 Å². The monoisotopic (exact) mass is 472 g/mol. The fourth-order valence-corrected chi connectivity index (χ4v) is 3.19. The first-order valence-electron chi connectivity index (χ1n) is 10.0. The Morgan fingerprint density at radius 2 is 1.79 bits per heavy atom. The number of halogens is 1. The maximum absolute atomic E-state index is 13.2. The van der Waals surface area contributed by atoms with Gasteiger partial charge in [0.05, 0.1) is 7.11 Å². The third kappa shape index (κ3) is 4.90. The highest BCUT2D eigenvalue weighted by molar-refractivity contribution is 6.30. The summed E-state index contributed by atoms with van der Waals surface area (Å²) in [5.41, 5.74) is -0.0660. The molecule has 0 unspecified atom stereocenters. The average molecular weight is 473 g/mol. The number of carbonyl (C=O) groups excluding carboxylic acids is 1. The van der Waals surface area contributed by atoms with Gasteiger partial charge in [0.25, 0.3) is 11.5 Å². The van der Waals surface area contributed by atoms with Gasteiger partial charge in [0.1, 0.15) is 34.4 Å². The first-order chi connectivity index (χ1) is 16.5. The van der Waals surface area contributed by atoms with E-state index in [-0.39, 0.29) is 17.0 Å². The van der Waals surface area contributed by atoms with E-state index >= 15 is 0 Å². The Morgan fingerprint density at radius 3 is 2.47 bits per heavy atom. The van der Waals surface area contributed by atoms with Crippen LogP contribution in [0.3, 0.4) is 0 Å². The third-order valence-electron chi connectivity index (χ3n) is 4.76. The molecule has 0 fully saturated rings. The van der Waals surface area contributed by atoms with Crippen LogP contribution in [-0.4, -0.2) is 22.4 Å². The van der Waals surface area contributed by atoms with Crippen molar-refractivity contribution in [3.8, 4) is 23.4 Å². The Balaban J connectivity index is 1.77. The number of anilines is 1. The predicted molar refractivity (Wildman–Crippen MR) is 128 cm³/mol. The highest BCUT2D eigenvalue weighted by atomic mass is 35.5. The highest BCUT2D eigenvalue weighted by Crippen LogP contribution is 2.26. The molecule has 0 radical (unpaired) electrons. The number of benzene rings is 2. The summed E-state index contributed by atoms with van der Waals surface area (Å²) in [6.07, 6.45) is 2.71. The van der Waals surface area contributed by atoms with Gasteiger partial charge >= 0.3 is 0 Å². The van der Waals surface area contributed by atoms with Gasteiger partial charge in [-0.15, -0.1) is 0 Å². The van der Waals surface area contributed by atoms with Crippen molar-refractivity contribution < 1.29 is 14.3 Å². The van der Waals surface area contributed by atoms with Gasteiger partial charge in [0, 0.05) is 16.9 Å². The summed E-state index contributed by atoms with van der Waals surface area (Å²) in [5.74, 6) is 0.280. The lowest BCUT2D eigenvalue weighted by atomic mass is 10.1. The van der Waals surface area contributed by atoms with Gasteiger partial charge in [-0.2, -0.15) is 10.2 Å². The number of nitrogens with one attached hydrogen (secondary N) is 1. The molecule has 1 N–H and O–H groups in total. The van der Waals surface area contributed by atoms with Crippen LogP contribution < -0.4 is 20.3 Å². The van der Waals surface area contributed by atoms with Gasteiger partial charge in [-0.3, -0.25) is 14.0 Å². The molecule has 0 aliphatic carbocycles. The minimum Gasteiger partial charge on any atom is -0.497 e. The van der Waals surface area contributed by atoms with Crippen molar-refractivity contribution in [2.45, 2.75) is 0 Å². The van der Waals surface area contributed by atoms with Crippen molar-refractivity contribution in [1.29, 1.82) is 5.26 Å². The van der Waals surface area contributed by atoms with Crippen LogP contribution in [0.15, 0.2) is 83.3 Å². The molecule has 4 aromatic rings. The molecule has 2 aromatic carbocycles. The van der Waals surface area contributed by atoms with Gasteiger partial charge in [-0.1, -0.05) is 17.7 Å². The molecule has 0 spiro atoms. The van der Waals surface area contributed by atoms with Gasteiger partial charge in [-0.25, -0.2) is 0 Å². The molecule has 2 heterocycles. The topological polar surface area (TPSA) is 106 Å². The summed E-state index contributed by atoms with van der Waals surface area (Å²) < 4.78 is 12.3. The molecule has 9 heteroatoms. The Bertz CT molecular complexity index is 1490. The maximum atomic E-state index is 13.2. The predicted octanol–water partition coefficient (Wildman–Crippen LogP) is 4.69. The number of hydrogen-bond acceptors (Lipinski definition) is 6. The molecular formula is C25H17ClN4O4. The number of aromatic nitrogens is 2. The largest absolute Gasteiger partial charge is 0.497 e. The zero-order valence-electron chi connectivity index (χ0n) is 17.9. The van der Waals surface area contributed by atoms with Crippen molar-refractivity contribution in [2.75, 3.05) is 12.4 Å². The average Bonchev–Trinajstić information content (AvgIpc) is 2.86. The second kappa shape index (κ2) is 9.90. The molecule has 0 saturated heterocycles. The van der Waals surface area contributed by atoms with Crippen molar-refractivity contribution >= 4 is 34.9 Å². The van der Waals surface area contributed by atoms with E-state index in [4.69, 9.17) is 21.1 Å². The van der Waals surface area contributed by atoms with E-state index in [1.807, 2.05) is 6.07 Å². The lowest BCUT2D eigenvalue weighted by molar-refractivity contribution is -0.112. The van der Waals surface area contributed by atoms with Crippen LogP contribution in [0.2, 0.25) is 5.02 Å². The zero-order chi connectivity index (χ0) is 24.1. The van der Waals surface area contributed by atoms with Crippen LogP contribution in [0.5, 0.6) is 17.4 Å². The molecule has 8 nitrogen and oxygen atoms in total. The quantitative estimate of drug-likeness (QED) is 0.322. The van der Waals surface area contributed by atoms with Crippen LogP contribution in [0.25, 0.3) is 11.7 Å². The summed E-state index contributed by atoms with van der Waals surface area (Å²) in [4.78, 5) is 30.4. The van der Waals surface area contributed by atoms with Crippen LogP contribution in [0, 0.1) is 11.3 Å². The molecule has 4 rings (SSSR count). The summed E-state index contributed by atoms with van der Waals surface area (Å²) in [5, 5.41) is 12.7. The normalized spacial score (nSPS) is 11.0. The van der Waals surface area contributed by atoms with E-state index in [0.29, 0.717) is 27.9 Å². The Labute approximate surface area is 199 Å². The molecule has 34 heavy (non-hydrogen) atoms. The van der Waals surface area contributed by atoms with E-state index in [0.717, 1.165) is 0 Å². The molecule has 0 bridgehead atoms. The molecule has 168 valence electrons. The van der Waals surface area contributed by atoms with Crippen LogP contribution in [0.4, 0.5) is 5.69 Å². The van der Waals surface area contributed by atoms with Crippen LogP contribution in [0.1, 0.15) is 5.56 Å². The van der Waals surface area contributed by atoms with Gasteiger partial charge < -0.3 is 14.8 Å². The smallest absolute Gasteiger partial charge is 0.269 e. The number of ether oxygens (including phenoxy) is 2. The van der Waals surface area contributed by atoms with E-state index < -0.39 is 11.5 Å². The summed E-state index contributed by atoms with van der Waals surface area (Å²) in [6, 6.07) is 20.0. The summed E-state index contributed by atoms with van der Waals surface area (Å²) in [6.45, 7) is 0. The minimum absolute atomic E-state index is 0.0478. The number of carbonyl (C=O) groups is 1. The third-order valence-corrected chi connectivity index (χ3v) is 5.02. The first-order valence-corrected chi connectivity index (χ1v) is 10.4. The maximum Gasteiger partial charge on any atom is 0.269 e. The Hall–Kier alpha value is -4.61. The number of nitriles is 1. The number of amides is 1. The van der Waals surface area contributed by atoms with Crippen LogP contribution >= 0.6 is 11.6 Å². The number of hydrogen-bond donors (Lipinski definition) is 1. The summed E-state index contributed by atoms with van der Waals surface area (Å²) >= 11 is 5.87. The molecular weight excluding hydrogens is 456 g/mol. The number of pyridine rings is 1. The fourth-order valence-electron chi connectivity index (χ4n) is 3.06. The lowest BCUT2D eigenvalue weighted by Gasteiger charge is -2.11. The molecule has 0 saturated carbocycles. The number of rotatable bonds is 6.